The number of rotatable bonds is 8. The van der Waals surface area contributed by atoms with E-state index in [1.807, 2.05) is 74.5 Å². The van der Waals surface area contributed by atoms with Gasteiger partial charge in [0.05, 0.1) is 11.4 Å². The highest BCUT2D eigenvalue weighted by Gasteiger charge is 2.07. The lowest BCUT2D eigenvalue weighted by atomic mass is 10.1. The van der Waals surface area contributed by atoms with Crippen LogP contribution in [0.4, 0.5) is 11.4 Å². The molecule has 0 unspecified atom stereocenters. The van der Waals surface area contributed by atoms with Crippen LogP contribution in [0.15, 0.2) is 108 Å². The summed E-state index contributed by atoms with van der Waals surface area (Å²) in [6.45, 7) is 3.69. The third-order valence-electron chi connectivity index (χ3n) is 4.40. The first-order chi connectivity index (χ1) is 14.5. The number of benzene rings is 3. The highest BCUT2D eigenvalue weighted by atomic mass is 16.1. The quantitative estimate of drug-likeness (QED) is 0.358. The van der Waals surface area contributed by atoms with Crippen molar-refractivity contribution in [2.45, 2.75) is 13.8 Å². The summed E-state index contributed by atoms with van der Waals surface area (Å²) in [6, 6.07) is 25.9. The summed E-state index contributed by atoms with van der Waals surface area (Å²) in [5.74, 6) is -0.119. The summed E-state index contributed by atoms with van der Waals surface area (Å²) < 4.78 is 0. The van der Waals surface area contributed by atoms with E-state index in [0.717, 1.165) is 22.8 Å². The minimum absolute atomic E-state index is 0.0597. The van der Waals surface area contributed by atoms with Gasteiger partial charge in [0, 0.05) is 34.7 Å². The number of anilines is 2. The molecule has 3 rings (SSSR count). The molecule has 4 heteroatoms. The summed E-state index contributed by atoms with van der Waals surface area (Å²) in [5, 5.41) is 6.53. The van der Waals surface area contributed by atoms with E-state index in [9.17, 15) is 9.59 Å². The first-order valence-electron chi connectivity index (χ1n) is 9.71. The van der Waals surface area contributed by atoms with Crippen LogP contribution in [0.1, 0.15) is 34.6 Å². The molecule has 0 aliphatic heterocycles. The van der Waals surface area contributed by atoms with Crippen molar-refractivity contribution in [3.8, 4) is 0 Å². The van der Waals surface area contributed by atoms with E-state index in [1.54, 1.807) is 36.4 Å². The third-order valence-corrected chi connectivity index (χ3v) is 4.40. The SMILES string of the molecule is C/C(=C/C(=O)c1ccccc1)Nc1ccccc1N/C(C)=C\C(=O)c1ccccc1. The van der Waals surface area contributed by atoms with Crippen LogP contribution in [0, 0.1) is 0 Å². The highest BCUT2D eigenvalue weighted by molar-refractivity contribution is 6.05. The first kappa shape index (κ1) is 20.8. The smallest absolute Gasteiger partial charge is 0.187 e. The Morgan fingerprint density at radius 1 is 0.567 bits per heavy atom. The van der Waals surface area contributed by atoms with Crippen LogP contribution < -0.4 is 10.6 Å². The molecule has 0 spiro atoms. The van der Waals surface area contributed by atoms with Crippen molar-refractivity contribution >= 4 is 22.9 Å². The molecule has 0 aliphatic carbocycles. The van der Waals surface area contributed by atoms with E-state index in [-0.39, 0.29) is 11.6 Å². The minimum Gasteiger partial charge on any atom is -0.357 e. The van der Waals surface area contributed by atoms with E-state index in [1.165, 1.54) is 0 Å². The number of allylic oxidation sites excluding steroid dienone is 4. The first-order valence-corrected chi connectivity index (χ1v) is 9.71. The van der Waals surface area contributed by atoms with Crippen LogP contribution in [0.2, 0.25) is 0 Å². The van der Waals surface area contributed by atoms with Crippen molar-refractivity contribution in [1.29, 1.82) is 0 Å². The zero-order valence-electron chi connectivity index (χ0n) is 17.1. The number of hydrogen-bond acceptors (Lipinski definition) is 4. The van der Waals surface area contributed by atoms with Crippen LogP contribution in [0.3, 0.4) is 0 Å². The largest absolute Gasteiger partial charge is 0.357 e. The summed E-state index contributed by atoms with van der Waals surface area (Å²) in [5.41, 5.74) is 4.35. The number of carbonyl (C=O) groups excluding carboxylic acids is 2. The van der Waals surface area contributed by atoms with Gasteiger partial charge < -0.3 is 10.6 Å². The predicted octanol–water partition coefficient (Wildman–Crippen LogP) is 6.08. The minimum atomic E-state index is -0.0597. The molecule has 0 heterocycles. The predicted molar refractivity (Wildman–Crippen MR) is 123 cm³/mol. The molecule has 4 nitrogen and oxygen atoms in total. The standard InChI is InChI=1S/C26H24N2O2/c1-19(17-25(29)21-11-5-3-6-12-21)27-23-15-9-10-16-24(23)28-20(2)18-26(30)22-13-7-4-8-14-22/h3-18,27-28H,1-2H3/b19-17-,20-18-. The van der Waals surface area contributed by atoms with Gasteiger partial charge in [-0.3, -0.25) is 9.59 Å². The molecule has 0 saturated heterocycles. The molecule has 30 heavy (non-hydrogen) atoms. The topological polar surface area (TPSA) is 58.2 Å². The number of carbonyl (C=O) groups is 2. The molecule has 0 saturated carbocycles. The van der Waals surface area contributed by atoms with Gasteiger partial charge in [-0.1, -0.05) is 72.8 Å². The van der Waals surface area contributed by atoms with Gasteiger partial charge in [0.15, 0.2) is 11.6 Å². The maximum atomic E-state index is 12.4. The Labute approximate surface area is 177 Å². The van der Waals surface area contributed by atoms with Crippen molar-refractivity contribution in [2.75, 3.05) is 10.6 Å². The average Bonchev–Trinajstić information content (AvgIpc) is 2.76. The maximum absolute atomic E-state index is 12.4. The van der Waals surface area contributed by atoms with Crippen LogP contribution in [-0.2, 0) is 0 Å². The van der Waals surface area contributed by atoms with E-state index in [2.05, 4.69) is 10.6 Å². The average molecular weight is 396 g/mol. The molecule has 3 aromatic carbocycles. The summed E-state index contributed by atoms with van der Waals surface area (Å²) in [6.07, 6.45) is 3.15. The zero-order chi connectivity index (χ0) is 21.3. The summed E-state index contributed by atoms with van der Waals surface area (Å²) in [4.78, 5) is 24.8. The molecule has 150 valence electrons. The molecular weight excluding hydrogens is 372 g/mol. The fraction of sp³-hybridized carbons (Fsp3) is 0.0769. The molecule has 0 bridgehead atoms. The van der Waals surface area contributed by atoms with Gasteiger partial charge in [-0.25, -0.2) is 0 Å². The lowest BCUT2D eigenvalue weighted by Crippen LogP contribution is -2.06. The molecule has 0 aromatic heterocycles. The van der Waals surface area contributed by atoms with Gasteiger partial charge in [-0.05, 0) is 26.0 Å². The van der Waals surface area contributed by atoms with Crippen LogP contribution in [0.5, 0.6) is 0 Å². The summed E-state index contributed by atoms with van der Waals surface area (Å²) in [7, 11) is 0. The van der Waals surface area contributed by atoms with E-state index in [0.29, 0.717) is 11.1 Å². The van der Waals surface area contributed by atoms with Gasteiger partial charge in [0.25, 0.3) is 0 Å². The van der Waals surface area contributed by atoms with Crippen molar-refractivity contribution in [2.24, 2.45) is 0 Å². The second-order valence-corrected chi connectivity index (χ2v) is 6.91. The van der Waals surface area contributed by atoms with Crippen molar-refractivity contribution in [1.82, 2.24) is 0 Å². The maximum Gasteiger partial charge on any atom is 0.187 e. The Bertz CT molecular complexity index is 996. The normalized spacial score (nSPS) is 11.7. The van der Waals surface area contributed by atoms with Crippen LogP contribution >= 0.6 is 0 Å². The van der Waals surface area contributed by atoms with E-state index in [4.69, 9.17) is 0 Å². The molecule has 2 N–H and O–H groups in total. The van der Waals surface area contributed by atoms with Crippen molar-refractivity contribution in [3.63, 3.8) is 0 Å². The Morgan fingerprint density at radius 3 is 1.27 bits per heavy atom. The fourth-order valence-corrected chi connectivity index (χ4v) is 2.96. The molecule has 0 atom stereocenters. The number of para-hydroxylation sites is 2. The number of hydrogen-bond donors (Lipinski definition) is 2. The Hall–Kier alpha value is -3.92. The van der Waals surface area contributed by atoms with Crippen LogP contribution in [-0.4, -0.2) is 11.6 Å². The molecule has 0 radical (unpaired) electrons. The number of nitrogens with one attached hydrogen (secondary N) is 2. The lowest BCUT2D eigenvalue weighted by Gasteiger charge is -2.14. The fourth-order valence-electron chi connectivity index (χ4n) is 2.96. The second-order valence-electron chi connectivity index (χ2n) is 6.91. The van der Waals surface area contributed by atoms with E-state index >= 15 is 0 Å². The van der Waals surface area contributed by atoms with Gasteiger partial charge in [-0.2, -0.15) is 0 Å². The van der Waals surface area contributed by atoms with Crippen molar-refractivity contribution < 1.29 is 9.59 Å². The number of ketones is 2. The zero-order valence-corrected chi connectivity index (χ0v) is 17.1. The third kappa shape index (κ3) is 5.79. The summed E-state index contributed by atoms with van der Waals surface area (Å²) >= 11 is 0. The van der Waals surface area contributed by atoms with Crippen LogP contribution in [0.25, 0.3) is 0 Å². The van der Waals surface area contributed by atoms with Gasteiger partial charge in [0.2, 0.25) is 0 Å². The second kappa shape index (κ2) is 10.0. The highest BCUT2D eigenvalue weighted by Crippen LogP contribution is 2.24. The van der Waals surface area contributed by atoms with Crippen molar-refractivity contribution in [3.05, 3.63) is 120 Å². The molecule has 0 aliphatic rings. The molecule has 0 amide bonds. The Balaban J connectivity index is 1.72. The molecule has 0 fully saturated rings. The van der Waals surface area contributed by atoms with E-state index < -0.39 is 0 Å². The molecule has 3 aromatic rings. The Morgan fingerprint density at radius 2 is 0.900 bits per heavy atom. The van der Waals surface area contributed by atoms with Gasteiger partial charge in [-0.15, -0.1) is 0 Å². The van der Waals surface area contributed by atoms with Gasteiger partial charge >= 0.3 is 0 Å². The monoisotopic (exact) mass is 396 g/mol. The Kier molecular flexibility index (Phi) is 6.95. The lowest BCUT2D eigenvalue weighted by molar-refractivity contribution is 0.103. The molecular formula is C26H24N2O2. The van der Waals surface area contributed by atoms with Gasteiger partial charge in [0.1, 0.15) is 0 Å².